The van der Waals surface area contributed by atoms with Crippen molar-refractivity contribution in [1.29, 1.82) is 0 Å². The van der Waals surface area contributed by atoms with Crippen LogP contribution in [0.15, 0.2) is 35.5 Å². The SMILES string of the molecule is C=C(C)/C(F)=C(F)\C(C)=C/C. The van der Waals surface area contributed by atoms with E-state index in [1.165, 1.54) is 19.9 Å². The van der Waals surface area contributed by atoms with Crippen molar-refractivity contribution in [2.24, 2.45) is 0 Å². The lowest BCUT2D eigenvalue weighted by Crippen LogP contribution is -1.83. The summed E-state index contributed by atoms with van der Waals surface area (Å²) in [5, 5.41) is 0. The first-order valence-electron chi connectivity index (χ1n) is 3.35. The zero-order valence-electron chi connectivity index (χ0n) is 7.04. The number of halogens is 2. The maximum atomic E-state index is 12.8. The van der Waals surface area contributed by atoms with Crippen molar-refractivity contribution < 1.29 is 8.78 Å². The van der Waals surface area contributed by atoms with Gasteiger partial charge in [0, 0.05) is 0 Å². The van der Waals surface area contributed by atoms with E-state index >= 15 is 0 Å². The molecule has 0 amide bonds. The van der Waals surface area contributed by atoms with E-state index in [9.17, 15) is 8.78 Å². The Labute approximate surface area is 65.9 Å². The minimum Gasteiger partial charge on any atom is -0.203 e. The van der Waals surface area contributed by atoms with Crippen LogP contribution in [0.3, 0.4) is 0 Å². The van der Waals surface area contributed by atoms with E-state index in [2.05, 4.69) is 6.58 Å². The Bertz CT molecular complexity index is 222. The van der Waals surface area contributed by atoms with E-state index in [-0.39, 0.29) is 5.57 Å². The maximum Gasteiger partial charge on any atom is 0.161 e. The fraction of sp³-hybridized carbons (Fsp3) is 0.333. The summed E-state index contributed by atoms with van der Waals surface area (Å²) in [6.07, 6.45) is 1.51. The van der Waals surface area contributed by atoms with Crippen molar-refractivity contribution in [3.63, 3.8) is 0 Å². The largest absolute Gasteiger partial charge is 0.203 e. The Morgan fingerprint density at radius 3 is 1.91 bits per heavy atom. The molecule has 0 heterocycles. The summed E-state index contributed by atoms with van der Waals surface area (Å²) in [6, 6.07) is 0. The summed E-state index contributed by atoms with van der Waals surface area (Å²) < 4.78 is 25.5. The van der Waals surface area contributed by atoms with Crippen molar-refractivity contribution in [1.82, 2.24) is 0 Å². The van der Waals surface area contributed by atoms with E-state index in [0.29, 0.717) is 5.57 Å². The molecule has 0 fully saturated rings. The van der Waals surface area contributed by atoms with E-state index in [1.807, 2.05) is 0 Å². The van der Waals surface area contributed by atoms with Gasteiger partial charge in [-0.1, -0.05) is 12.7 Å². The molecule has 0 aromatic carbocycles. The first kappa shape index (κ1) is 10.1. The molecule has 0 saturated carbocycles. The van der Waals surface area contributed by atoms with Gasteiger partial charge in [0.25, 0.3) is 0 Å². The average Bonchev–Trinajstić information content (AvgIpc) is 2.00. The highest BCUT2D eigenvalue weighted by molar-refractivity contribution is 5.33. The van der Waals surface area contributed by atoms with Gasteiger partial charge in [0.2, 0.25) is 0 Å². The zero-order chi connectivity index (χ0) is 9.02. The molecule has 0 rings (SSSR count). The van der Waals surface area contributed by atoms with Crippen LogP contribution in [-0.2, 0) is 0 Å². The predicted molar refractivity (Wildman–Crippen MR) is 43.5 cm³/mol. The van der Waals surface area contributed by atoms with E-state index in [4.69, 9.17) is 0 Å². The van der Waals surface area contributed by atoms with Crippen LogP contribution in [0, 0.1) is 0 Å². The minimum atomic E-state index is -0.861. The second-order valence-electron chi connectivity index (χ2n) is 2.38. The van der Waals surface area contributed by atoms with Crippen LogP contribution in [0.1, 0.15) is 20.8 Å². The fourth-order valence-electron chi connectivity index (χ4n) is 0.487. The highest BCUT2D eigenvalue weighted by Gasteiger charge is 2.07. The highest BCUT2D eigenvalue weighted by atomic mass is 19.2. The van der Waals surface area contributed by atoms with Crippen molar-refractivity contribution >= 4 is 0 Å². The Hall–Kier alpha value is -0.920. The lowest BCUT2D eigenvalue weighted by Gasteiger charge is -1.98. The molecule has 0 radical (unpaired) electrons. The van der Waals surface area contributed by atoms with Crippen LogP contribution in [0.5, 0.6) is 0 Å². The predicted octanol–water partition coefficient (Wildman–Crippen LogP) is 3.68. The van der Waals surface area contributed by atoms with Crippen LogP contribution in [0.2, 0.25) is 0 Å². The smallest absolute Gasteiger partial charge is 0.161 e. The zero-order valence-corrected chi connectivity index (χ0v) is 7.04. The van der Waals surface area contributed by atoms with Gasteiger partial charge in [-0.3, -0.25) is 0 Å². The molecule has 0 aliphatic rings. The third-order valence-electron chi connectivity index (χ3n) is 1.35. The van der Waals surface area contributed by atoms with Crippen LogP contribution in [0.4, 0.5) is 8.78 Å². The monoisotopic (exact) mass is 158 g/mol. The molecule has 0 aromatic rings. The lowest BCUT2D eigenvalue weighted by atomic mass is 10.2. The van der Waals surface area contributed by atoms with Gasteiger partial charge >= 0.3 is 0 Å². The molecule has 0 aromatic heterocycles. The molecule has 0 atom stereocenters. The number of hydrogen-bond acceptors (Lipinski definition) is 0. The Kier molecular flexibility index (Phi) is 3.72. The van der Waals surface area contributed by atoms with Gasteiger partial charge in [-0.2, -0.15) is 0 Å². The highest BCUT2D eigenvalue weighted by Crippen LogP contribution is 2.21. The second kappa shape index (κ2) is 4.06. The molecular formula is C9H12F2. The third kappa shape index (κ3) is 2.66. The van der Waals surface area contributed by atoms with Crippen molar-refractivity contribution in [2.45, 2.75) is 20.8 Å². The van der Waals surface area contributed by atoms with Crippen LogP contribution in [0.25, 0.3) is 0 Å². The molecule has 0 unspecified atom stereocenters. The maximum absolute atomic E-state index is 12.8. The Balaban J connectivity index is 4.81. The molecular weight excluding hydrogens is 146 g/mol. The molecule has 62 valence electrons. The van der Waals surface area contributed by atoms with Crippen molar-refractivity contribution in [2.75, 3.05) is 0 Å². The van der Waals surface area contributed by atoms with Crippen molar-refractivity contribution in [3.8, 4) is 0 Å². The molecule has 0 spiro atoms. The topological polar surface area (TPSA) is 0 Å². The summed E-state index contributed by atoms with van der Waals surface area (Å²) in [4.78, 5) is 0. The molecule has 0 aliphatic heterocycles. The molecule has 0 bridgehead atoms. The van der Waals surface area contributed by atoms with Gasteiger partial charge in [-0.15, -0.1) is 0 Å². The number of hydrogen-bond donors (Lipinski definition) is 0. The van der Waals surface area contributed by atoms with E-state index in [1.54, 1.807) is 6.92 Å². The quantitative estimate of drug-likeness (QED) is 0.538. The number of rotatable bonds is 2. The minimum absolute atomic E-state index is 0.115. The lowest BCUT2D eigenvalue weighted by molar-refractivity contribution is 0.555. The summed E-state index contributed by atoms with van der Waals surface area (Å²) in [7, 11) is 0. The van der Waals surface area contributed by atoms with Crippen LogP contribution >= 0.6 is 0 Å². The molecule has 11 heavy (non-hydrogen) atoms. The second-order valence-corrected chi connectivity index (χ2v) is 2.38. The van der Waals surface area contributed by atoms with E-state index in [0.717, 1.165) is 0 Å². The standard InChI is InChI=1S/C9H12F2/c1-5-7(4)9(11)8(10)6(2)3/h5H,2H2,1,3-4H3/b7-5-,9-8-. The van der Waals surface area contributed by atoms with Gasteiger partial charge in [0.1, 0.15) is 0 Å². The fourth-order valence-corrected chi connectivity index (χ4v) is 0.487. The third-order valence-corrected chi connectivity index (χ3v) is 1.35. The number of allylic oxidation sites excluding steroid dienone is 5. The van der Waals surface area contributed by atoms with Gasteiger partial charge in [-0.05, 0) is 31.9 Å². The van der Waals surface area contributed by atoms with Gasteiger partial charge in [0.05, 0.1) is 0 Å². The first-order chi connectivity index (χ1) is 5.00. The van der Waals surface area contributed by atoms with Crippen LogP contribution < -0.4 is 0 Å². The molecule has 0 nitrogen and oxygen atoms in total. The summed E-state index contributed by atoms with van der Waals surface area (Å²) in [5.41, 5.74) is 0.411. The summed E-state index contributed by atoms with van der Waals surface area (Å²) in [5.74, 6) is -1.68. The Morgan fingerprint density at radius 2 is 1.64 bits per heavy atom. The van der Waals surface area contributed by atoms with Crippen LogP contribution in [-0.4, -0.2) is 0 Å². The van der Waals surface area contributed by atoms with Gasteiger partial charge < -0.3 is 0 Å². The summed E-state index contributed by atoms with van der Waals surface area (Å²) in [6.45, 7) is 7.89. The first-order valence-corrected chi connectivity index (χ1v) is 3.35. The van der Waals surface area contributed by atoms with Gasteiger partial charge in [-0.25, -0.2) is 8.78 Å². The van der Waals surface area contributed by atoms with Crippen molar-refractivity contribution in [3.05, 3.63) is 35.5 Å². The molecule has 0 N–H and O–H groups in total. The normalized spacial score (nSPS) is 14.5. The Morgan fingerprint density at radius 1 is 1.18 bits per heavy atom. The molecule has 0 saturated heterocycles. The molecule has 0 aliphatic carbocycles. The average molecular weight is 158 g/mol. The van der Waals surface area contributed by atoms with Gasteiger partial charge in [0.15, 0.2) is 11.7 Å². The summed E-state index contributed by atoms with van der Waals surface area (Å²) >= 11 is 0. The van der Waals surface area contributed by atoms with E-state index < -0.39 is 11.7 Å². The molecule has 2 heteroatoms.